The molecule has 0 atom stereocenters. The Morgan fingerprint density at radius 2 is 1.88 bits per heavy atom. The zero-order chi connectivity index (χ0) is 17.4. The van der Waals surface area contributed by atoms with Crippen molar-refractivity contribution < 1.29 is 55.4 Å². The number of primary sulfonamides is 1. The SMILES string of the molecule is CN(Cc1ccco1)c1cc(Cl)c(S(N)(=O)=O)cc1S(=O)(=O)[O-].[Na+]. The molecule has 0 radical (unpaired) electrons. The van der Waals surface area contributed by atoms with Crippen molar-refractivity contribution in [3.63, 3.8) is 0 Å². The van der Waals surface area contributed by atoms with Gasteiger partial charge in [-0.3, -0.25) is 0 Å². The van der Waals surface area contributed by atoms with Crippen LogP contribution in [0.25, 0.3) is 0 Å². The standard InChI is InChI=1S/C12H13ClN2O6S2.Na/c1-15(7-8-3-2-4-21-8)10-5-9(13)11(22(14,16)17)6-12(10)23(18,19)20;/h2-6H,7H2,1H3,(H2,14,16,17)(H,18,19,20);/q;+1/p-1. The van der Waals surface area contributed by atoms with Crippen molar-refractivity contribution in [1.82, 2.24) is 0 Å². The Hall–Kier alpha value is -0.590. The van der Waals surface area contributed by atoms with Crippen LogP contribution in [0.4, 0.5) is 5.69 Å². The van der Waals surface area contributed by atoms with Gasteiger partial charge in [-0.05, 0) is 24.3 Å². The van der Waals surface area contributed by atoms with Crippen LogP contribution in [0.5, 0.6) is 0 Å². The maximum atomic E-state index is 11.5. The zero-order valence-electron chi connectivity index (χ0n) is 12.8. The van der Waals surface area contributed by atoms with Crippen LogP contribution in [0.3, 0.4) is 0 Å². The number of nitrogens with zero attached hydrogens (tertiary/aromatic N) is 1. The summed E-state index contributed by atoms with van der Waals surface area (Å²) < 4.78 is 62.4. The van der Waals surface area contributed by atoms with E-state index in [4.69, 9.17) is 21.2 Å². The van der Waals surface area contributed by atoms with Crippen LogP contribution < -0.4 is 39.6 Å². The molecule has 8 nitrogen and oxygen atoms in total. The fourth-order valence-corrected chi connectivity index (χ4v) is 3.86. The van der Waals surface area contributed by atoms with Gasteiger partial charge in [-0.15, -0.1) is 0 Å². The van der Waals surface area contributed by atoms with Gasteiger partial charge in [0, 0.05) is 7.05 Å². The molecule has 0 aliphatic rings. The van der Waals surface area contributed by atoms with Crippen LogP contribution in [-0.2, 0) is 26.7 Å². The Labute approximate surface area is 166 Å². The van der Waals surface area contributed by atoms with Crippen LogP contribution in [0, 0.1) is 0 Å². The number of furan rings is 1. The van der Waals surface area contributed by atoms with Gasteiger partial charge in [0.15, 0.2) is 0 Å². The van der Waals surface area contributed by atoms with Crippen molar-refractivity contribution in [1.29, 1.82) is 0 Å². The first-order valence-corrected chi connectivity index (χ1v) is 9.39. The zero-order valence-corrected chi connectivity index (χ0v) is 17.2. The van der Waals surface area contributed by atoms with E-state index < -0.39 is 29.9 Å². The van der Waals surface area contributed by atoms with Gasteiger partial charge >= 0.3 is 29.6 Å². The largest absolute Gasteiger partial charge is 1.00 e. The number of hydrogen-bond acceptors (Lipinski definition) is 7. The van der Waals surface area contributed by atoms with Gasteiger partial charge in [0.25, 0.3) is 0 Å². The molecule has 0 spiro atoms. The van der Waals surface area contributed by atoms with Crippen molar-refractivity contribution in [2.24, 2.45) is 5.14 Å². The number of rotatable bonds is 5. The quantitative estimate of drug-likeness (QED) is 0.457. The fraction of sp³-hybridized carbons (Fsp3) is 0.167. The topological polar surface area (TPSA) is 134 Å². The number of anilines is 1. The van der Waals surface area contributed by atoms with E-state index >= 15 is 0 Å². The number of halogens is 1. The first kappa shape index (κ1) is 21.5. The summed E-state index contributed by atoms with van der Waals surface area (Å²) >= 11 is 5.86. The second-order valence-corrected chi connectivity index (χ2v) is 7.97. The Morgan fingerprint density at radius 3 is 2.33 bits per heavy atom. The number of benzene rings is 1. The van der Waals surface area contributed by atoms with Crippen molar-refractivity contribution in [3.05, 3.63) is 41.3 Å². The van der Waals surface area contributed by atoms with Gasteiger partial charge in [0.05, 0.1) is 28.4 Å². The van der Waals surface area contributed by atoms with E-state index in [1.54, 1.807) is 12.1 Å². The van der Waals surface area contributed by atoms with E-state index in [-0.39, 0.29) is 46.8 Å². The average molecular weight is 403 g/mol. The van der Waals surface area contributed by atoms with E-state index in [1.807, 2.05) is 0 Å². The summed E-state index contributed by atoms with van der Waals surface area (Å²) in [5.74, 6) is 0.508. The molecule has 0 bridgehead atoms. The van der Waals surface area contributed by atoms with Crippen LogP contribution in [0.15, 0.2) is 44.7 Å². The molecule has 0 aliphatic carbocycles. The van der Waals surface area contributed by atoms with Crippen LogP contribution >= 0.6 is 11.6 Å². The first-order valence-electron chi connectivity index (χ1n) is 6.06. The van der Waals surface area contributed by atoms with Crippen molar-refractivity contribution in [3.8, 4) is 0 Å². The monoisotopic (exact) mass is 402 g/mol. The summed E-state index contributed by atoms with van der Waals surface area (Å²) in [5, 5.41) is 4.68. The van der Waals surface area contributed by atoms with Crippen molar-refractivity contribution >= 4 is 37.4 Å². The summed E-state index contributed by atoms with van der Waals surface area (Å²) in [5.41, 5.74) is -0.0613. The molecule has 2 aromatic rings. The average Bonchev–Trinajstić information content (AvgIpc) is 2.88. The van der Waals surface area contributed by atoms with Gasteiger partial charge in [0.2, 0.25) is 10.0 Å². The van der Waals surface area contributed by atoms with Gasteiger partial charge in [0.1, 0.15) is 20.8 Å². The van der Waals surface area contributed by atoms with Gasteiger partial charge in [-0.2, -0.15) is 0 Å². The Morgan fingerprint density at radius 1 is 1.25 bits per heavy atom. The van der Waals surface area contributed by atoms with Crippen LogP contribution in [0.1, 0.15) is 5.76 Å². The Kier molecular flexibility index (Phi) is 6.93. The minimum Gasteiger partial charge on any atom is -0.744 e. The third kappa shape index (κ3) is 4.96. The Balaban J connectivity index is 0.00000288. The molecular formula is C12H12ClN2NaO6S2. The molecule has 12 heteroatoms. The van der Waals surface area contributed by atoms with Crippen LogP contribution in [-0.4, -0.2) is 28.4 Å². The minimum atomic E-state index is -4.96. The molecule has 0 aliphatic heterocycles. The van der Waals surface area contributed by atoms with Crippen molar-refractivity contribution in [2.75, 3.05) is 11.9 Å². The number of hydrogen-bond donors (Lipinski definition) is 1. The smallest absolute Gasteiger partial charge is 0.744 e. The van der Waals surface area contributed by atoms with Crippen LogP contribution in [0.2, 0.25) is 5.02 Å². The molecule has 2 N–H and O–H groups in total. The predicted molar refractivity (Wildman–Crippen MR) is 81.6 cm³/mol. The van der Waals surface area contributed by atoms with Gasteiger partial charge in [-0.25, -0.2) is 22.0 Å². The maximum absolute atomic E-state index is 11.5. The van der Waals surface area contributed by atoms with Gasteiger partial charge < -0.3 is 13.9 Å². The molecule has 126 valence electrons. The fourth-order valence-electron chi connectivity index (χ4n) is 1.96. The molecule has 0 saturated heterocycles. The van der Waals surface area contributed by atoms with E-state index in [0.717, 1.165) is 6.07 Å². The van der Waals surface area contributed by atoms with Gasteiger partial charge in [-0.1, -0.05) is 11.6 Å². The summed E-state index contributed by atoms with van der Waals surface area (Å²) in [7, 11) is -7.74. The van der Waals surface area contributed by atoms with E-state index in [1.165, 1.54) is 18.2 Å². The molecule has 2 rings (SSSR count). The third-order valence-corrected chi connectivity index (χ3v) is 5.21. The normalized spacial score (nSPS) is 11.8. The molecule has 0 saturated carbocycles. The number of sulfonamides is 1. The minimum absolute atomic E-state index is 0. The molecule has 24 heavy (non-hydrogen) atoms. The summed E-state index contributed by atoms with van der Waals surface area (Å²) in [4.78, 5) is 0.0197. The van der Waals surface area contributed by atoms with E-state index in [9.17, 15) is 21.4 Å². The summed E-state index contributed by atoms with van der Waals surface area (Å²) in [6.45, 7) is 0.139. The third-order valence-electron chi connectivity index (χ3n) is 2.97. The molecule has 0 unspecified atom stereocenters. The molecule has 0 fully saturated rings. The molecule has 0 amide bonds. The molecule has 1 aromatic heterocycles. The maximum Gasteiger partial charge on any atom is 1.00 e. The summed E-state index contributed by atoms with van der Waals surface area (Å²) in [6.07, 6.45) is 1.44. The number of nitrogens with two attached hydrogens (primary N) is 1. The summed E-state index contributed by atoms with van der Waals surface area (Å²) in [6, 6.07) is 5.02. The van der Waals surface area contributed by atoms with E-state index in [0.29, 0.717) is 11.8 Å². The second kappa shape index (κ2) is 7.75. The molecule has 1 heterocycles. The van der Waals surface area contributed by atoms with E-state index in [2.05, 4.69) is 0 Å². The molecular weight excluding hydrogens is 391 g/mol. The Bertz CT molecular complexity index is 929. The van der Waals surface area contributed by atoms with Crippen molar-refractivity contribution in [2.45, 2.75) is 16.3 Å². The first-order chi connectivity index (χ1) is 10.5. The molecule has 1 aromatic carbocycles. The predicted octanol–water partition coefficient (Wildman–Crippen LogP) is -1.88. The second-order valence-electron chi connectivity index (χ2n) is 4.68.